The number of hydrogen-bond donors (Lipinski definition) is 1. The minimum Gasteiger partial charge on any atom is -0.339 e. The van der Waals surface area contributed by atoms with Crippen LogP contribution in [0.1, 0.15) is 68.9 Å². The highest BCUT2D eigenvalue weighted by molar-refractivity contribution is 5.60. The summed E-state index contributed by atoms with van der Waals surface area (Å²) in [6, 6.07) is 8.10. The van der Waals surface area contributed by atoms with Crippen molar-refractivity contribution in [3.05, 3.63) is 35.7 Å². The van der Waals surface area contributed by atoms with E-state index in [-0.39, 0.29) is 6.04 Å². The maximum absolute atomic E-state index is 6.20. The quantitative estimate of drug-likeness (QED) is 0.914. The van der Waals surface area contributed by atoms with Crippen LogP contribution >= 0.6 is 0 Å². The van der Waals surface area contributed by atoms with Gasteiger partial charge in [-0.25, -0.2) is 0 Å². The summed E-state index contributed by atoms with van der Waals surface area (Å²) in [6.45, 7) is 2.09. The Balaban J connectivity index is 1.89. The highest BCUT2D eigenvalue weighted by Crippen LogP contribution is 2.33. The van der Waals surface area contributed by atoms with Gasteiger partial charge in [0.05, 0.1) is 0 Å². The zero-order valence-electron chi connectivity index (χ0n) is 12.6. The van der Waals surface area contributed by atoms with E-state index < -0.39 is 0 Å². The van der Waals surface area contributed by atoms with Crippen LogP contribution in [0.25, 0.3) is 11.4 Å². The molecule has 21 heavy (non-hydrogen) atoms. The molecule has 0 bridgehead atoms. The van der Waals surface area contributed by atoms with E-state index in [0.29, 0.717) is 11.7 Å². The number of nitrogens with zero attached hydrogens (tertiary/aromatic N) is 2. The number of rotatable bonds is 4. The van der Waals surface area contributed by atoms with Crippen molar-refractivity contribution in [2.45, 2.75) is 57.4 Å². The van der Waals surface area contributed by atoms with Gasteiger partial charge in [-0.2, -0.15) is 4.98 Å². The van der Waals surface area contributed by atoms with Crippen LogP contribution in [0.5, 0.6) is 0 Å². The predicted octanol–water partition coefficient (Wildman–Crippen LogP) is 4.19. The molecule has 0 radical (unpaired) electrons. The number of benzene rings is 1. The van der Waals surface area contributed by atoms with Crippen molar-refractivity contribution < 1.29 is 4.52 Å². The molecule has 1 aliphatic rings. The highest BCUT2D eigenvalue weighted by Gasteiger charge is 2.23. The van der Waals surface area contributed by atoms with E-state index in [1.165, 1.54) is 19.3 Å². The first-order valence-electron chi connectivity index (χ1n) is 7.98. The van der Waals surface area contributed by atoms with Crippen molar-refractivity contribution in [1.29, 1.82) is 0 Å². The van der Waals surface area contributed by atoms with Gasteiger partial charge in [-0.15, -0.1) is 0 Å². The van der Waals surface area contributed by atoms with Gasteiger partial charge in [0.2, 0.25) is 11.7 Å². The summed E-state index contributed by atoms with van der Waals surface area (Å²) >= 11 is 0. The summed E-state index contributed by atoms with van der Waals surface area (Å²) in [7, 11) is 0. The van der Waals surface area contributed by atoms with Crippen molar-refractivity contribution in [3.63, 3.8) is 0 Å². The van der Waals surface area contributed by atoms with Gasteiger partial charge in [-0.05, 0) is 24.8 Å². The summed E-state index contributed by atoms with van der Waals surface area (Å²) in [5, 5.41) is 4.20. The van der Waals surface area contributed by atoms with E-state index in [1.807, 2.05) is 18.2 Å². The van der Waals surface area contributed by atoms with E-state index >= 15 is 0 Å². The molecule has 112 valence electrons. The van der Waals surface area contributed by atoms with Crippen LogP contribution in [-0.2, 0) is 0 Å². The van der Waals surface area contributed by atoms with Crippen molar-refractivity contribution in [1.82, 2.24) is 10.1 Å². The molecule has 1 saturated carbocycles. The molecule has 1 atom stereocenters. The smallest absolute Gasteiger partial charge is 0.230 e. The van der Waals surface area contributed by atoms with Crippen LogP contribution in [0, 0.1) is 0 Å². The summed E-state index contributed by atoms with van der Waals surface area (Å²) in [4.78, 5) is 4.65. The van der Waals surface area contributed by atoms with E-state index in [9.17, 15) is 0 Å². The van der Waals surface area contributed by atoms with E-state index in [4.69, 9.17) is 10.3 Å². The van der Waals surface area contributed by atoms with E-state index in [1.54, 1.807) is 0 Å². The molecule has 0 aliphatic heterocycles. The minimum atomic E-state index is 0.0119. The summed E-state index contributed by atoms with van der Waals surface area (Å²) in [5.74, 6) is 1.91. The van der Waals surface area contributed by atoms with Gasteiger partial charge in [-0.3, -0.25) is 0 Å². The Morgan fingerprint density at radius 1 is 1.24 bits per heavy atom. The van der Waals surface area contributed by atoms with E-state index in [2.05, 4.69) is 23.1 Å². The Kier molecular flexibility index (Phi) is 4.34. The Labute approximate surface area is 125 Å². The molecule has 4 heteroatoms. The standard InChI is InChI=1S/C17H23N3O/c1-2-15(18)13-10-6-7-11-14(13)16-19-17(21-20-16)12-8-4-3-5-9-12/h6-7,10-12,15H,2-5,8-9,18H2,1H3. The lowest BCUT2D eigenvalue weighted by atomic mass is 9.89. The van der Waals surface area contributed by atoms with Gasteiger partial charge in [0, 0.05) is 17.5 Å². The Hall–Kier alpha value is -1.68. The molecule has 2 aromatic rings. The van der Waals surface area contributed by atoms with Crippen molar-refractivity contribution in [2.75, 3.05) is 0 Å². The van der Waals surface area contributed by atoms with E-state index in [0.717, 1.165) is 36.3 Å². The molecule has 1 aromatic heterocycles. The van der Waals surface area contributed by atoms with Crippen LogP contribution < -0.4 is 5.73 Å². The molecule has 3 rings (SSSR count). The second kappa shape index (κ2) is 6.39. The molecule has 1 aromatic carbocycles. The average Bonchev–Trinajstić information content (AvgIpc) is 3.05. The summed E-state index contributed by atoms with van der Waals surface area (Å²) in [5.41, 5.74) is 8.29. The van der Waals surface area contributed by atoms with Crippen molar-refractivity contribution in [3.8, 4) is 11.4 Å². The summed E-state index contributed by atoms with van der Waals surface area (Å²) < 4.78 is 5.52. The molecular formula is C17H23N3O. The summed E-state index contributed by atoms with van der Waals surface area (Å²) in [6.07, 6.45) is 7.07. The molecular weight excluding hydrogens is 262 g/mol. The lowest BCUT2D eigenvalue weighted by molar-refractivity contribution is 0.314. The molecule has 1 fully saturated rings. The van der Waals surface area contributed by atoms with Gasteiger partial charge >= 0.3 is 0 Å². The molecule has 2 N–H and O–H groups in total. The topological polar surface area (TPSA) is 64.9 Å². The third-order valence-electron chi connectivity index (χ3n) is 4.44. The first kappa shape index (κ1) is 14.3. The lowest BCUT2D eigenvalue weighted by Crippen LogP contribution is -2.10. The second-order valence-corrected chi connectivity index (χ2v) is 5.89. The first-order chi connectivity index (χ1) is 10.3. The Bertz CT molecular complexity index is 587. The SMILES string of the molecule is CCC(N)c1ccccc1-c1noc(C2CCCCC2)n1. The molecule has 4 nitrogen and oxygen atoms in total. The molecule has 1 unspecified atom stereocenters. The highest BCUT2D eigenvalue weighted by atomic mass is 16.5. The lowest BCUT2D eigenvalue weighted by Gasteiger charge is -2.17. The van der Waals surface area contributed by atoms with Crippen LogP contribution in [0.2, 0.25) is 0 Å². The largest absolute Gasteiger partial charge is 0.339 e. The van der Waals surface area contributed by atoms with Gasteiger partial charge < -0.3 is 10.3 Å². The minimum absolute atomic E-state index is 0.0119. The molecule has 1 heterocycles. The van der Waals surface area contributed by atoms with Gasteiger partial charge in [0.25, 0.3) is 0 Å². The fourth-order valence-corrected chi connectivity index (χ4v) is 3.10. The Morgan fingerprint density at radius 3 is 2.76 bits per heavy atom. The molecule has 1 aliphatic carbocycles. The maximum atomic E-state index is 6.20. The normalized spacial score (nSPS) is 17.8. The molecule has 0 spiro atoms. The zero-order valence-corrected chi connectivity index (χ0v) is 12.6. The first-order valence-corrected chi connectivity index (χ1v) is 7.98. The van der Waals surface area contributed by atoms with Crippen LogP contribution in [0.3, 0.4) is 0 Å². The average molecular weight is 285 g/mol. The van der Waals surface area contributed by atoms with Crippen LogP contribution in [0.4, 0.5) is 0 Å². The fourth-order valence-electron chi connectivity index (χ4n) is 3.10. The van der Waals surface area contributed by atoms with Gasteiger partial charge in [-0.1, -0.05) is 55.6 Å². The van der Waals surface area contributed by atoms with Gasteiger partial charge in [0.1, 0.15) is 0 Å². The predicted molar refractivity (Wildman–Crippen MR) is 82.8 cm³/mol. The fraction of sp³-hybridized carbons (Fsp3) is 0.529. The third kappa shape index (κ3) is 3.00. The van der Waals surface area contributed by atoms with Crippen LogP contribution in [0.15, 0.2) is 28.8 Å². The number of aromatic nitrogens is 2. The Morgan fingerprint density at radius 2 is 2.00 bits per heavy atom. The molecule has 0 amide bonds. The monoisotopic (exact) mass is 285 g/mol. The maximum Gasteiger partial charge on any atom is 0.230 e. The zero-order chi connectivity index (χ0) is 14.7. The van der Waals surface area contributed by atoms with Gasteiger partial charge in [0.15, 0.2) is 0 Å². The number of hydrogen-bond acceptors (Lipinski definition) is 4. The number of nitrogens with two attached hydrogens (primary N) is 1. The third-order valence-corrected chi connectivity index (χ3v) is 4.44. The second-order valence-electron chi connectivity index (χ2n) is 5.89. The van der Waals surface area contributed by atoms with Crippen molar-refractivity contribution >= 4 is 0 Å². The molecule has 0 saturated heterocycles. The van der Waals surface area contributed by atoms with Crippen molar-refractivity contribution in [2.24, 2.45) is 5.73 Å². The van der Waals surface area contributed by atoms with Crippen LogP contribution in [-0.4, -0.2) is 10.1 Å².